The zero-order valence-corrected chi connectivity index (χ0v) is 14.4. The Morgan fingerprint density at radius 3 is 2.57 bits per heavy atom. The number of fused-ring (bicyclic) bond motifs is 1. The number of aliphatic hydroxyl groups excluding tert-OH is 1. The van der Waals surface area contributed by atoms with E-state index in [2.05, 4.69) is 52.8 Å². The van der Waals surface area contributed by atoms with E-state index in [1.54, 1.807) is 5.57 Å². The van der Waals surface area contributed by atoms with Gasteiger partial charge in [0.2, 0.25) is 0 Å². The van der Waals surface area contributed by atoms with Gasteiger partial charge in [-0.2, -0.15) is 0 Å². The average molecular weight is 288 g/mol. The van der Waals surface area contributed by atoms with Gasteiger partial charge in [0.1, 0.15) is 0 Å². The number of allylic oxidation sites excluding steroid dienone is 4. The first-order valence-electron chi connectivity index (χ1n) is 8.54. The van der Waals surface area contributed by atoms with Crippen LogP contribution in [-0.4, -0.2) is 11.2 Å². The van der Waals surface area contributed by atoms with E-state index < -0.39 is 0 Å². The molecule has 0 aliphatic heterocycles. The lowest BCUT2D eigenvalue weighted by molar-refractivity contribution is 0.184. The summed E-state index contributed by atoms with van der Waals surface area (Å²) in [7, 11) is 0. The van der Waals surface area contributed by atoms with Crippen LogP contribution in [0.15, 0.2) is 34.9 Å². The zero-order chi connectivity index (χ0) is 15.6. The SMILES string of the molecule is CC1=CCCC2(C)C(=CCC2C(C)C)CC=C(C)C(O)C1. The highest BCUT2D eigenvalue weighted by atomic mass is 16.3. The van der Waals surface area contributed by atoms with Gasteiger partial charge >= 0.3 is 0 Å². The van der Waals surface area contributed by atoms with Crippen LogP contribution >= 0.6 is 0 Å². The van der Waals surface area contributed by atoms with Gasteiger partial charge in [0.15, 0.2) is 0 Å². The molecule has 3 unspecified atom stereocenters. The van der Waals surface area contributed by atoms with Gasteiger partial charge in [-0.05, 0) is 68.8 Å². The second-order valence-corrected chi connectivity index (χ2v) is 7.69. The topological polar surface area (TPSA) is 20.2 Å². The fourth-order valence-corrected chi connectivity index (χ4v) is 4.25. The minimum Gasteiger partial charge on any atom is -0.388 e. The Hall–Kier alpha value is -0.820. The summed E-state index contributed by atoms with van der Waals surface area (Å²) in [6.45, 7) is 11.4. The minimum atomic E-state index is -0.312. The molecule has 1 heteroatoms. The van der Waals surface area contributed by atoms with Crippen LogP contribution in [0.2, 0.25) is 0 Å². The molecule has 0 bridgehead atoms. The van der Waals surface area contributed by atoms with E-state index in [-0.39, 0.29) is 6.10 Å². The molecule has 0 saturated heterocycles. The molecule has 118 valence electrons. The van der Waals surface area contributed by atoms with Crippen molar-refractivity contribution in [3.8, 4) is 0 Å². The Labute approximate surface area is 130 Å². The molecule has 0 radical (unpaired) electrons. The first-order chi connectivity index (χ1) is 9.84. The largest absolute Gasteiger partial charge is 0.388 e. The summed E-state index contributed by atoms with van der Waals surface area (Å²) in [6.07, 6.45) is 12.2. The number of rotatable bonds is 1. The lowest BCUT2D eigenvalue weighted by atomic mass is 9.67. The molecule has 0 saturated carbocycles. The summed E-state index contributed by atoms with van der Waals surface area (Å²) in [5, 5.41) is 10.3. The second kappa shape index (κ2) is 6.52. The van der Waals surface area contributed by atoms with Gasteiger partial charge in [0.25, 0.3) is 0 Å². The molecule has 2 aliphatic rings. The molecule has 0 aromatic heterocycles. The maximum Gasteiger partial charge on any atom is 0.0784 e. The Kier molecular flexibility index (Phi) is 5.14. The molecule has 3 atom stereocenters. The van der Waals surface area contributed by atoms with E-state index in [0.717, 1.165) is 36.7 Å². The second-order valence-electron chi connectivity index (χ2n) is 7.69. The minimum absolute atomic E-state index is 0.312. The quantitative estimate of drug-likeness (QED) is 0.638. The fourth-order valence-electron chi connectivity index (χ4n) is 4.25. The van der Waals surface area contributed by atoms with Crippen LogP contribution in [0.25, 0.3) is 0 Å². The van der Waals surface area contributed by atoms with Crippen molar-refractivity contribution in [1.29, 1.82) is 0 Å². The molecule has 21 heavy (non-hydrogen) atoms. The third-order valence-corrected chi connectivity index (χ3v) is 5.82. The maximum atomic E-state index is 10.3. The molecule has 1 N–H and O–H groups in total. The van der Waals surface area contributed by atoms with Crippen molar-refractivity contribution < 1.29 is 5.11 Å². The van der Waals surface area contributed by atoms with Crippen molar-refractivity contribution in [3.05, 3.63) is 34.9 Å². The van der Waals surface area contributed by atoms with Crippen molar-refractivity contribution in [2.24, 2.45) is 17.3 Å². The fraction of sp³-hybridized carbons (Fsp3) is 0.700. The van der Waals surface area contributed by atoms with Gasteiger partial charge in [-0.15, -0.1) is 0 Å². The molecule has 0 aromatic carbocycles. The van der Waals surface area contributed by atoms with Gasteiger partial charge in [0, 0.05) is 0 Å². The van der Waals surface area contributed by atoms with E-state index in [9.17, 15) is 5.11 Å². The van der Waals surface area contributed by atoms with Crippen molar-refractivity contribution in [2.45, 2.75) is 72.8 Å². The molecular formula is C20H32O. The molecule has 2 aliphatic carbocycles. The van der Waals surface area contributed by atoms with Gasteiger partial charge in [-0.3, -0.25) is 0 Å². The molecule has 2 rings (SSSR count). The van der Waals surface area contributed by atoms with Gasteiger partial charge in [-0.1, -0.05) is 50.1 Å². The van der Waals surface area contributed by atoms with E-state index >= 15 is 0 Å². The third-order valence-electron chi connectivity index (χ3n) is 5.82. The zero-order valence-electron chi connectivity index (χ0n) is 14.4. The third kappa shape index (κ3) is 3.51. The summed E-state index contributed by atoms with van der Waals surface area (Å²) in [6, 6.07) is 0. The molecule has 0 heterocycles. The maximum absolute atomic E-state index is 10.3. The Morgan fingerprint density at radius 2 is 1.90 bits per heavy atom. The lowest BCUT2D eigenvalue weighted by Gasteiger charge is -2.37. The Bertz CT molecular complexity index is 466. The van der Waals surface area contributed by atoms with Gasteiger partial charge in [-0.25, -0.2) is 0 Å². The first-order valence-corrected chi connectivity index (χ1v) is 8.54. The van der Waals surface area contributed by atoms with Crippen molar-refractivity contribution in [3.63, 3.8) is 0 Å². The standard InChI is InChI=1S/C20H32O/c1-14(2)18-11-10-17-9-8-16(4)19(21)13-15(3)7-6-12-20(17,18)5/h7-8,10,14,18-19,21H,6,9,11-13H2,1-5H3. The van der Waals surface area contributed by atoms with E-state index in [1.165, 1.54) is 18.4 Å². The number of hydrogen-bond donors (Lipinski definition) is 1. The number of hydrogen-bond acceptors (Lipinski definition) is 1. The molecule has 0 spiro atoms. The summed E-state index contributed by atoms with van der Waals surface area (Å²) in [5.41, 5.74) is 4.38. The van der Waals surface area contributed by atoms with Crippen LogP contribution < -0.4 is 0 Å². The highest BCUT2D eigenvalue weighted by molar-refractivity contribution is 5.27. The predicted octanol–water partition coefficient (Wildman–Crippen LogP) is 5.42. The van der Waals surface area contributed by atoms with Crippen molar-refractivity contribution >= 4 is 0 Å². The van der Waals surface area contributed by atoms with Crippen LogP contribution in [-0.2, 0) is 0 Å². The first kappa shape index (κ1) is 16.5. The van der Waals surface area contributed by atoms with Crippen LogP contribution in [0.1, 0.15) is 66.7 Å². The molecular weight excluding hydrogens is 256 g/mol. The smallest absolute Gasteiger partial charge is 0.0784 e. The summed E-state index contributed by atoms with van der Waals surface area (Å²) >= 11 is 0. The Morgan fingerprint density at radius 1 is 1.19 bits per heavy atom. The van der Waals surface area contributed by atoms with E-state index in [0.29, 0.717) is 5.41 Å². The summed E-state index contributed by atoms with van der Waals surface area (Å²) in [5.74, 6) is 1.50. The van der Waals surface area contributed by atoms with Crippen molar-refractivity contribution in [2.75, 3.05) is 0 Å². The van der Waals surface area contributed by atoms with E-state index in [4.69, 9.17) is 0 Å². The lowest BCUT2D eigenvalue weighted by Crippen LogP contribution is -2.29. The monoisotopic (exact) mass is 288 g/mol. The van der Waals surface area contributed by atoms with Gasteiger partial charge < -0.3 is 5.11 Å². The molecule has 1 nitrogen and oxygen atoms in total. The van der Waals surface area contributed by atoms with Crippen LogP contribution in [0.5, 0.6) is 0 Å². The highest BCUT2D eigenvalue weighted by Gasteiger charge is 2.41. The summed E-state index contributed by atoms with van der Waals surface area (Å²) < 4.78 is 0. The van der Waals surface area contributed by atoms with Crippen LogP contribution in [0.4, 0.5) is 0 Å². The molecule has 0 fully saturated rings. The predicted molar refractivity (Wildman–Crippen MR) is 91.1 cm³/mol. The number of aliphatic hydroxyl groups is 1. The Balaban J connectivity index is 2.31. The molecule has 0 amide bonds. The average Bonchev–Trinajstić information content (AvgIpc) is 2.71. The summed E-state index contributed by atoms with van der Waals surface area (Å²) in [4.78, 5) is 0. The van der Waals surface area contributed by atoms with E-state index in [1.807, 2.05) is 0 Å². The van der Waals surface area contributed by atoms with Gasteiger partial charge in [0.05, 0.1) is 6.10 Å². The molecule has 0 aromatic rings. The normalized spacial score (nSPS) is 34.7. The highest BCUT2D eigenvalue weighted by Crippen LogP contribution is 2.51. The van der Waals surface area contributed by atoms with Crippen LogP contribution in [0, 0.1) is 17.3 Å². The van der Waals surface area contributed by atoms with Crippen molar-refractivity contribution in [1.82, 2.24) is 0 Å². The van der Waals surface area contributed by atoms with Crippen LogP contribution in [0.3, 0.4) is 0 Å².